The molecule has 0 saturated carbocycles. The lowest BCUT2D eigenvalue weighted by atomic mass is 10.1. The van der Waals surface area contributed by atoms with E-state index < -0.39 is 10.2 Å². The zero-order chi connectivity index (χ0) is 13.2. The highest BCUT2D eigenvalue weighted by molar-refractivity contribution is 7.87. The molecule has 0 spiro atoms. The molecule has 0 radical (unpaired) electrons. The van der Waals surface area contributed by atoms with Crippen molar-refractivity contribution in [3.05, 3.63) is 36.0 Å². The number of H-pyrrole nitrogens is 1. The lowest BCUT2D eigenvalue weighted by Gasteiger charge is -2.12. The third-order valence-corrected chi connectivity index (χ3v) is 4.33. The Bertz CT molecular complexity index is 632. The number of fused-ring (bicyclic) bond motifs is 1. The molecule has 0 aliphatic carbocycles. The molecule has 5 nitrogen and oxygen atoms in total. The van der Waals surface area contributed by atoms with Crippen LogP contribution in [0.1, 0.15) is 5.56 Å². The van der Waals surface area contributed by atoms with Crippen molar-refractivity contribution in [2.45, 2.75) is 6.42 Å². The van der Waals surface area contributed by atoms with Gasteiger partial charge in [0.25, 0.3) is 10.2 Å². The average molecular weight is 267 g/mol. The lowest BCUT2D eigenvalue weighted by Crippen LogP contribution is -2.36. The van der Waals surface area contributed by atoms with E-state index in [9.17, 15) is 8.42 Å². The standard InChI is InChI=1S/C12H17N3O2S/c1-15(2)18(16,17)14-8-5-10-3-4-11-6-7-13-12(11)9-10/h3-4,6-7,9,13-14H,5,8H2,1-2H3. The molecule has 0 aliphatic rings. The van der Waals surface area contributed by atoms with E-state index in [1.807, 2.05) is 30.5 Å². The highest BCUT2D eigenvalue weighted by Crippen LogP contribution is 2.14. The van der Waals surface area contributed by atoms with Crippen LogP contribution in [0.2, 0.25) is 0 Å². The van der Waals surface area contributed by atoms with E-state index in [1.54, 1.807) is 0 Å². The predicted molar refractivity (Wildman–Crippen MR) is 72.6 cm³/mol. The molecule has 0 atom stereocenters. The summed E-state index contributed by atoms with van der Waals surface area (Å²) in [6.45, 7) is 0.396. The minimum atomic E-state index is -3.32. The Morgan fingerprint density at radius 1 is 1.28 bits per heavy atom. The molecule has 2 N–H and O–H groups in total. The second-order valence-corrected chi connectivity index (χ2v) is 6.30. The zero-order valence-electron chi connectivity index (χ0n) is 10.5. The Morgan fingerprint density at radius 2 is 2.06 bits per heavy atom. The number of aromatic nitrogens is 1. The van der Waals surface area contributed by atoms with E-state index in [-0.39, 0.29) is 0 Å². The van der Waals surface area contributed by atoms with Crippen LogP contribution in [-0.2, 0) is 16.6 Å². The highest BCUT2D eigenvalue weighted by Gasteiger charge is 2.11. The largest absolute Gasteiger partial charge is 0.361 e. The van der Waals surface area contributed by atoms with Gasteiger partial charge in [0.15, 0.2) is 0 Å². The summed E-state index contributed by atoms with van der Waals surface area (Å²) < 4.78 is 26.7. The van der Waals surface area contributed by atoms with Crippen molar-refractivity contribution in [2.24, 2.45) is 0 Å². The molecular formula is C12H17N3O2S. The van der Waals surface area contributed by atoms with Gasteiger partial charge in [-0.2, -0.15) is 12.7 Å². The number of hydrogen-bond acceptors (Lipinski definition) is 2. The first-order valence-corrected chi connectivity index (χ1v) is 7.16. The molecular weight excluding hydrogens is 250 g/mol. The van der Waals surface area contributed by atoms with Gasteiger partial charge in [0.05, 0.1) is 0 Å². The van der Waals surface area contributed by atoms with Crippen LogP contribution in [0.5, 0.6) is 0 Å². The SMILES string of the molecule is CN(C)S(=O)(=O)NCCc1ccc2cc[nH]c2c1. The van der Waals surface area contributed by atoms with Gasteiger partial charge in [-0.1, -0.05) is 12.1 Å². The van der Waals surface area contributed by atoms with E-state index >= 15 is 0 Å². The molecule has 0 aliphatic heterocycles. The van der Waals surface area contributed by atoms with Gasteiger partial charge in [-0.15, -0.1) is 0 Å². The first kappa shape index (κ1) is 13.1. The topological polar surface area (TPSA) is 65.2 Å². The quantitative estimate of drug-likeness (QED) is 0.852. The Hall–Kier alpha value is -1.37. The van der Waals surface area contributed by atoms with Crippen LogP contribution in [0, 0.1) is 0 Å². The number of hydrogen-bond donors (Lipinski definition) is 2. The number of aromatic amines is 1. The summed E-state index contributed by atoms with van der Waals surface area (Å²) in [4.78, 5) is 3.14. The summed E-state index contributed by atoms with van der Waals surface area (Å²) in [5.41, 5.74) is 2.18. The van der Waals surface area contributed by atoms with E-state index in [1.165, 1.54) is 18.4 Å². The maximum atomic E-state index is 11.5. The van der Waals surface area contributed by atoms with Gasteiger partial charge in [0, 0.05) is 32.4 Å². The summed E-state index contributed by atoms with van der Waals surface area (Å²) in [6, 6.07) is 8.09. The minimum absolute atomic E-state index is 0.396. The number of nitrogens with one attached hydrogen (secondary N) is 2. The summed E-state index contributed by atoms with van der Waals surface area (Å²) >= 11 is 0. The van der Waals surface area contributed by atoms with Crippen LogP contribution in [0.25, 0.3) is 10.9 Å². The fourth-order valence-electron chi connectivity index (χ4n) is 1.70. The fraction of sp³-hybridized carbons (Fsp3) is 0.333. The number of benzene rings is 1. The summed E-state index contributed by atoms with van der Waals surface area (Å²) in [7, 11) is -0.310. The number of rotatable bonds is 5. The Balaban J connectivity index is 1.98. The summed E-state index contributed by atoms with van der Waals surface area (Å²) in [6.07, 6.45) is 2.56. The summed E-state index contributed by atoms with van der Waals surface area (Å²) in [5, 5.41) is 1.16. The van der Waals surface area contributed by atoms with E-state index in [4.69, 9.17) is 0 Å². The molecule has 2 rings (SSSR count). The van der Waals surface area contributed by atoms with Crippen molar-refractivity contribution in [3.63, 3.8) is 0 Å². The van der Waals surface area contributed by atoms with Crippen LogP contribution < -0.4 is 4.72 Å². The van der Waals surface area contributed by atoms with Gasteiger partial charge in [0.1, 0.15) is 0 Å². The van der Waals surface area contributed by atoms with Crippen LogP contribution in [0.15, 0.2) is 30.5 Å². The molecule has 0 saturated heterocycles. The molecule has 0 amide bonds. The smallest absolute Gasteiger partial charge is 0.278 e. The highest BCUT2D eigenvalue weighted by atomic mass is 32.2. The molecule has 0 bridgehead atoms. The van der Waals surface area contributed by atoms with Crippen LogP contribution >= 0.6 is 0 Å². The molecule has 18 heavy (non-hydrogen) atoms. The Morgan fingerprint density at radius 3 is 2.78 bits per heavy atom. The molecule has 1 heterocycles. The molecule has 0 unspecified atom stereocenters. The Labute approximate surface area is 107 Å². The van der Waals surface area contributed by atoms with Crippen molar-refractivity contribution in [1.82, 2.24) is 14.0 Å². The monoisotopic (exact) mass is 267 g/mol. The molecule has 6 heteroatoms. The van der Waals surface area contributed by atoms with Crippen molar-refractivity contribution in [2.75, 3.05) is 20.6 Å². The first-order valence-electron chi connectivity index (χ1n) is 5.72. The van der Waals surface area contributed by atoms with E-state index in [0.29, 0.717) is 13.0 Å². The molecule has 2 aromatic rings. The van der Waals surface area contributed by atoms with Gasteiger partial charge < -0.3 is 4.98 Å². The maximum Gasteiger partial charge on any atom is 0.278 e. The second kappa shape index (κ2) is 5.09. The van der Waals surface area contributed by atoms with Crippen LogP contribution in [0.3, 0.4) is 0 Å². The van der Waals surface area contributed by atoms with Crippen molar-refractivity contribution in [1.29, 1.82) is 0 Å². The van der Waals surface area contributed by atoms with E-state index in [0.717, 1.165) is 16.5 Å². The molecule has 1 aromatic heterocycles. The number of nitrogens with zero attached hydrogens (tertiary/aromatic N) is 1. The predicted octanol–water partition coefficient (Wildman–Crippen LogP) is 1.11. The normalized spacial score (nSPS) is 12.4. The molecule has 98 valence electrons. The average Bonchev–Trinajstić information content (AvgIpc) is 2.75. The van der Waals surface area contributed by atoms with Gasteiger partial charge in [-0.25, -0.2) is 4.72 Å². The second-order valence-electron chi connectivity index (χ2n) is 4.33. The van der Waals surface area contributed by atoms with Gasteiger partial charge in [0.2, 0.25) is 0 Å². The third-order valence-electron chi connectivity index (χ3n) is 2.80. The van der Waals surface area contributed by atoms with Crippen LogP contribution in [0.4, 0.5) is 0 Å². The Kier molecular flexibility index (Phi) is 3.70. The molecule has 0 fully saturated rings. The van der Waals surface area contributed by atoms with Crippen molar-refractivity contribution >= 4 is 21.1 Å². The minimum Gasteiger partial charge on any atom is -0.361 e. The van der Waals surface area contributed by atoms with E-state index in [2.05, 4.69) is 9.71 Å². The maximum absolute atomic E-state index is 11.5. The zero-order valence-corrected chi connectivity index (χ0v) is 11.3. The third kappa shape index (κ3) is 2.90. The van der Waals surface area contributed by atoms with Crippen molar-refractivity contribution in [3.8, 4) is 0 Å². The summed E-state index contributed by atoms with van der Waals surface area (Å²) in [5.74, 6) is 0. The van der Waals surface area contributed by atoms with Gasteiger partial charge in [-0.05, 0) is 29.5 Å². The van der Waals surface area contributed by atoms with Gasteiger partial charge in [-0.3, -0.25) is 0 Å². The van der Waals surface area contributed by atoms with Crippen LogP contribution in [-0.4, -0.2) is 38.3 Å². The lowest BCUT2D eigenvalue weighted by molar-refractivity contribution is 0.506. The first-order chi connectivity index (χ1) is 8.49. The van der Waals surface area contributed by atoms with Crippen molar-refractivity contribution < 1.29 is 8.42 Å². The molecule has 1 aromatic carbocycles. The fourth-order valence-corrected chi connectivity index (χ4v) is 2.32. The van der Waals surface area contributed by atoms with Gasteiger partial charge >= 0.3 is 0 Å².